The Labute approximate surface area is 234 Å². The smallest absolute Gasteiger partial charge is 0.409 e. The molecule has 0 aliphatic carbocycles. The van der Waals surface area contributed by atoms with Crippen molar-refractivity contribution in [2.45, 2.75) is 58.6 Å². The molecule has 2 aromatic rings. The highest BCUT2D eigenvalue weighted by atomic mass is 16.6. The van der Waals surface area contributed by atoms with E-state index in [0.29, 0.717) is 24.3 Å². The second kappa shape index (κ2) is 13.8. The van der Waals surface area contributed by atoms with Crippen molar-refractivity contribution in [3.05, 3.63) is 64.1 Å². The van der Waals surface area contributed by atoms with E-state index in [1.807, 2.05) is 0 Å². The number of aliphatic imine (C=N–C) groups is 1. The van der Waals surface area contributed by atoms with Crippen LogP contribution < -0.4 is 5.56 Å². The molecule has 0 spiro atoms. The molecule has 11 nitrogen and oxygen atoms in total. The summed E-state index contributed by atoms with van der Waals surface area (Å²) in [6, 6.07) is 3.32. The lowest BCUT2D eigenvalue weighted by atomic mass is 10.0. The molecule has 3 heterocycles. The number of rotatable bonds is 12. The Balaban J connectivity index is 1.73. The van der Waals surface area contributed by atoms with E-state index >= 15 is 0 Å². The van der Waals surface area contributed by atoms with Crippen LogP contribution in [-0.2, 0) is 40.1 Å². The van der Waals surface area contributed by atoms with Gasteiger partial charge in [0.15, 0.2) is 11.9 Å². The van der Waals surface area contributed by atoms with Crippen LogP contribution in [0.25, 0.3) is 0 Å². The van der Waals surface area contributed by atoms with E-state index in [1.165, 1.54) is 34.5 Å². The second-order valence-corrected chi connectivity index (χ2v) is 10.7. The highest BCUT2D eigenvalue weighted by Gasteiger charge is 2.25. The minimum absolute atomic E-state index is 0.184. The molecule has 2 amide bonds. The summed E-state index contributed by atoms with van der Waals surface area (Å²) < 4.78 is 6.95. The predicted octanol–water partition coefficient (Wildman–Crippen LogP) is 2.77. The number of ketones is 1. The molecule has 0 saturated carbocycles. The minimum atomic E-state index is -1.06. The summed E-state index contributed by atoms with van der Waals surface area (Å²) in [4.78, 5) is 66.7. The van der Waals surface area contributed by atoms with Gasteiger partial charge in [-0.2, -0.15) is 0 Å². The molecule has 0 N–H and O–H groups in total. The summed E-state index contributed by atoms with van der Waals surface area (Å²) in [6.45, 7) is 4.51. The Morgan fingerprint density at radius 3 is 2.55 bits per heavy atom. The number of Topliss-reactive ketones (excluding diaryl/α,β-unsaturated/α-hetero) is 1. The Morgan fingerprint density at radius 2 is 1.88 bits per heavy atom. The maximum absolute atomic E-state index is 13.3. The molecule has 0 saturated heterocycles. The molecule has 1 aliphatic rings. The summed E-state index contributed by atoms with van der Waals surface area (Å²) in [5.41, 5.74) is 3.33. The number of nitrogens with zero attached hydrogens (tertiary/aromatic N) is 6. The van der Waals surface area contributed by atoms with Gasteiger partial charge < -0.3 is 19.1 Å². The average molecular weight is 551 g/mol. The molecule has 0 fully saturated rings. The monoisotopic (exact) mass is 550 g/mol. The van der Waals surface area contributed by atoms with Gasteiger partial charge in [-0.25, -0.2) is 14.8 Å². The molecule has 214 valence electrons. The van der Waals surface area contributed by atoms with Crippen molar-refractivity contribution < 1.29 is 19.1 Å². The third kappa shape index (κ3) is 8.17. The van der Waals surface area contributed by atoms with Crippen molar-refractivity contribution in [3.8, 4) is 0 Å². The molecule has 40 heavy (non-hydrogen) atoms. The number of likely N-dealkylation sites (N-methyl/N-ethyl adjacent to an activating group) is 1. The van der Waals surface area contributed by atoms with Crippen molar-refractivity contribution >= 4 is 29.2 Å². The fourth-order valence-corrected chi connectivity index (χ4v) is 4.17. The van der Waals surface area contributed by atoms with Crippen LogP contribution in [0.1, 0.15) is 43.6 Å². The van der Waals surface area contributed by atoms with Crippen molar-refractivity contribution in [2.75, 3.05) is 28.2 Å². The van der Waals surface area contributed by atoms with E-state index < -0.39 is 18.0 Å². The second-order valence-electron chi connectivity index (χ2n) is 10.7. The first-order chi connectivity index (χ1) is 19.0. The van der Waals surface area contributed by atoms with Gasteiger partial charge in [-0.1, -0.05) is 26.0 Å². The summed E-state index contributed by atoms with van der Waals surface area (Å²) in [5, 5.41) is 0. The number of carbonyl (C=O) groups is 3. The van der Waals surface area contributed by atoms with Crippen molar-refractivity contribution in [1.82, 2.24) is 24.3 Å². The Morgan fingerprint density at radius 1 is 1.12 bits per heavy atom. The largest absolute Gasteiger partial charge is 0.438 e. The number of carbonyl (C=O) groups excluding carboxylic acids is 3. The van der Waals surface area contributed by atoms with Gasteiger partial charge in [0.25, 0.3) is 5.56 Å². The topological polar surface area (TPSA) is 127 Å². The average Bonchev–Trinajstić information content (AvgIpc) is 3.31. The van der Waals surface area contributed by atoms with Crippen LogP contribution in [0.5, 0.6) is 0 Å². The molecule has 2 aromatic heterocycles. The van der Waals surface area contributed by atoms with E-state index in [-0.39, 0.29) is 30.9 Å². The van der Waals surface area contributed by atoms with Gasteiger partial charge in [0.1, 0.15) is 12.0 Å². The number of ether oxygens (including phenoxy) is 1. The molecular weight excluding hydrogens is 512 g/mol. The van der Waals surface area contributed by atoms with E-state index in [0.717, 1.165) is 29.2 Å². The van der Waals surface area contributed by atoms with Gasteiger partial charge >= 0.3 is 6.09 Å². The third-order valence-corrected chi connectivity index (χ3v) is 6.30. The maximum Gasteiger partial charge on any atom is 0.409 e. The molecule has 0 radical (unpaired) electrons. The van der Waals surface area contributed by atoms with Crippen LogP contribution in [0.15, 0.2) is 46.6 Å². The van der Waals surface area contributed by atoms with Gasteiger partial charge in [0, 0.05) is 58.5 Å². The molecule has 11 heteroatoms. The Kier molecular flexibility index (Phi) is 10.5. The van der Waals surface area contributed by atoms with Crippen LogP contribution in [0.4, 0.5) is 10.5 Å². The summed E-state index contributed by atoms with van der Waals surface area (Å²) in [6.07, 6.45) is 6.22. The molecule has 0 unspecified atom stereocenters. The Bertz CT molecular complexity index is 1360. The molecule has 1 atom stereocenters. The van der Waals surface area contributed by atoms with Crippen LogP contribution >= 0.6 is 0 Å². The number of pyridine rings is 1. The van der Waals surface area contributed by atoms with Gasteiger partial charge in [-0.15, -0.1) is 0 Å². The van der Waals surface area contributed by atoms with Crippen molar-refractivity contribution in [2.24, 2.45) is 10.9 Å². The lowest BCUT2D eigenvalue weighted by molar-refractivity contribution is -0.127. The van der Waals surface area contributed by atoms with Gasteiger partial charge in [-0.3, -0.25) is 19.4 Å². The van der Waals surface area contributed by atoms with E-state index in [2.05, 4.69) is 23.8 Å². The number of amides is 2. The third-order valence-electron chi connectivity index (χ3n) is 6.30. The highest BCUT2D eigenvalue weighted by molar-refractivity contribution is 5.93. The lowest BCUT2D eigenvalue weighted by Gasteiger charge is -2.19. The molecule has 1 aliphatic heterocycles. The zero-order valence-electron chi connectivity index (χ0n) is 24.1. The van der Waals surface area contributed by atoms with E-state index in [4.69, 9.17) is 9.73 Å². The predicted molar refractivity (Wildman–Crippen MR) is 152 cm³/mol. The lowest BCUT2D eigenvalue weighted by Crippen LogP contribution is -2.35. The zero-order valence-corrected chi connectivity index (χ0v) is 24.1. The number of hydrogen-bond donors (Lipinski definition) is 0. The van der Waals surface area contributed by atoms with Crippen LogP contribution in [-0.4, -0.2) is 82.1 Å². The van der Waals surface area contributed by atoms with Crippen LogP contribution in [0.2, 0.25) is 0 Å². The van der Waals surface area contributed by atoms with Crippen molar-refractivity contribution in [1.29, 1.82) is 0 Å². The summed E-state index contributed by atoms with van der Waals surface area (Å²) in [5.74, 6) is -0.153. The molecule has 3 rings (SSSR count). The summed E-state index contributed by atoms with van der Waals surface area (Å²) in [7, 11) is 6.33. The quantitative estimate of drug-likeness (QED) is 0.372. The van der Waals surface area contributed by atoms with Crippen molar-refractivity contribution in [3.63, 3.8) is 0 Å². The van der Waals surface area contributed by atoms with E-state index in [9.17, 15) is 19.2 Å². The minimum Gasteiger partial charge on any atom is -0.438 e. The Hall–Kier alpha value is -4.15. The van der Waals surface area contributed by atoms with Crippen LogP contribution in [0.3, 0.4) is 0 Å². The number of fused-ring (bicyclic) bond motifs is 1. The number of hydrogen-bond acceptors (Lipinski definition) is 8. The first kappa shape index (κ1) is 30.4. The fraction of sp³-hybridized carbons (Fsp3) is 0.483. The zero-order chi connectivity index (χ0) is 29.4. The normalized spacial score (nSPS) is 13.2. The fourth-order valence-electron chi connectivity index (χ4n) is 4.17. The first-order valence-corrected chi connectivity index (χ1v) is 13.3. The maximum atomic E-state index is 13.3. The van der Waals surface area contributed by atoms with Gasteiger partial charge in [0.2, 0.25) is 5.91 Å². The number of aromatic nitrogens is 3. The number of allylic oxidation sites excluding steroid dienone is 1. The van der Waals surface area contributed by atoms with Gasteiger partial charge in [0.05, 0.1) is 17.9 Å². The molecule has 0 bridgehead atoms. The summed E-state index contributed by atoms with van der Waals surface area (Å²) >= 11 is 0. The molecular formula is C29H38N6O5. The van der Waals surface area contributed by atoms with Gasteiger partial charge in [-0.05, 0) is 37.3 Å². The highest BCUT2D eigenvalue weighted by Crippen LogP contribution is 2.29. The van der Waals surface area contributed by atoms with Crippen LogP contribution in [0, 0.1) is 5.92 Å². The SMILES string of the molecule is CC(C)Cc1ncnc2c1N=C(Cn1cccc(CC(=O)[C@H](CC/C=C/C(=O)N(C)C)OC(=O)N(C)C)c1=O)C2. The standard InChI is InChI=1S/C29H38N6O5/c1-19(2)14-22-27-23(31-18-30-22)16-21(32-27)17-35-13-9-10-20(28(35)38)15-24(36)25(40-29(39)34(5)6)11-7-8-12-26(37)33(3)4/h8-10,12-13,18-19,25H,7,11,14-17H2,1-6H3/b12-8+/t25-/m0/s1. The molecule has 0 aromatic carbocycles. The van der Waals surface area contributed by atoms with E-state index in [1.54, 1.807) is 44.8 Å². The first-order valence-electron chi connectivity index (χ1n) is 13.3.